The van der Waals surface area contributed by atoms with Gasteiger partial charge in [-0.3, -0.25) is 25.0 Å². The smallest absolute Gasteiger partial charge is 0.319 e. The Morgan fingerprint density at radius 2 is 1.47 bits per heavy atom. The number of nitro benzene ring substituents is 2. The topological polar surface area (TPSA) is 113 Å². The molecule has 0 heterocycles. The molecule has 1 unspecified atom stereocenters. The number of carbonyl (C=O) groups excluding carboxylic acids is 1. The van der Waals surface area contributed by atoms with Crippen molar-refractivity contribution in [2.75, 3.05) is 18.1 Å². The maximum Gasteiger partial charge on any atom is 0.319 e. The summed E-state index contributed by atoms with van der Waals surface area (Å²) in [6.45, 7) is 0.280. The van der Waals surface area contributed by atoms with Crippen molar-refractivity contribution in [3.63, 3.8) is 0 Å². The fraction of sp³-hybridized carbons (Fsp3) is 0.381. The molecule has 11 heteroatoms. The van der Waals surface area contributed by atoms with Crippen LogP contribution in [-0.4, -0.2) is 38.8 Å². The van der Waals surface area contributed by atoms with Crippen molar-refractivity contribution in [1.82, 2.24) is 0 Å². The normalized spacial score (nSPS) is 11.7. The van der Waals surface area contributed by atoms with Gasteiger partial charge in [-0.05, 0) is 29.7 Å². The quantitative estimate of drug-likeness (QED) is 0.0973. The van der Waals surface area contributed by atoms with Crippen molar-refractivity contribution < 1.29 is 19.4 Å². The van der Waals surface area contributed by atoms with E-state index in [9.17, 15) is 25.0 Å². The fourth-order valence-corrected chi connectivity index (χ4v) is 4.82. The van der Waals surface area contributed by atoms with Crippen LogP contribution < -0.4 is 0 Å². The highest BCUT2D eigenvalue weighted by Crippen LogP contribution is 2.21. The molecule has 2 aromatic rings. The Bertz CT molecular complexity index is 931. The van der Waals surface area contributed by atoms with Gasteiger partial charge in [-0.25, -0.2) is 0 Å². The van der Waals surface area contributed by atoms with Crippen LogP contribution in [0.1, 0.15) is 24.0 Å². The van der Waals surface area contributed by atoms with Crippen molar-refractivity contribution in [2.45, 2.75) is 29.2 Å². The Kier molecular flexibility index (Phi) is 11.5. The van der Waals surface area contributed by atoms with Crippen LogP contribution in [0.3, 0.4) is 0 Å². The number of nitro groups is 2. The minimum absolute atomic E-state index is 0.0694. The number of thioether (sulfide) groups is 2. The van der Waals surface area contributed by atoms with E-state index in [2.05, 4.69) is 15.9 Å². The Labute approximate surface area is 202 Å². The lowest BCUT2D eigenvalue weighted by molar-refractivity contribution is -0.385. The van der Waals surface area contributed by atoms with Gasteiger partial charge in [0.15, 0.2) is 0 Å². The summed E-state index contributed by atoms with van der Waals surface area (Å²) in [5, 5.41) is 21.6. The van der Waals surface area contributed by atoms with Gasteiger partial charge in [-0.15, -0.1) is 0 Å². The molecule has 2 aromatic carbocycles. The number of benzene rings is 2. The standard InChI is InChI=1S/C21H23BrN2O6S2/c22-20(8-3-10-31-14-16-4-1-6-18(12-16)23(26)27)21(25)30-9-11-32-15-17-5-2-7-19(13-17)24(28)29/h1-2,4-7,12-13,20H,3,8-11,14-15H2. The predicted octanol–water partition coefficient (Wildman–Crippen LogP) is 5.76. The van der Waals surface area contributed by atoms with Gasteiger partial charge < -0.3 is 4.74 Å². The van der Waals surface area contributed by atoms with Gasteiger partial charge in [0, 0.05) is 41.5 Å². The molecule has 0 spiro atoms. The minimum atomic E-state index is -0.418. The second-order valence-electron chi connectivity index (χ2n) is 6.74. The fourth-order valence-electron chi connectivity index (χ4n) is 2.67. The third-order valence-electron chi connectivity index (χ3n) is 4.25. The molecule has 0 N–H and O–H groups in total. The van der Waals surface area contributed by atoms with E-state index in [0.717, 1.165) is 23.3 Å². The van der Waals surface area contributed by atoms with E-state index in [1.54, 1.807) is 47.8 Å². The molecule has 8 nitrogen and oxygen atoms in total. The maximum absolute atomic E-state index is 12.1. The molecule has 0 aliphatic heterocycles. The first-order valence-electron chi connectivity index (χ1n) is 9.79. The van der Waals surface area contributed by atoms with E-state index in [1.807, 2.05) is 12.1 Å². The number of carbonyl (C=O) groups is 1. The summed E-state index contributed by atoms with van der Waals surface area (Å²) in [5.74, 6) is 2.42. The molecule has 0 aromatic heterocycles. The lowest BCUT2D eigenvalue weighted by atomic mass is 10.2. The molecule has 0 saturated heterocycles. The number of esters is 1. The van der Waals surface area contributed by atoms with E-state index in [1.165, 1.54) is 12.1 Å². The lowest BCUT2D eigenvalue weighted by Crippen LogP contribution is -2.19. The summed E-state index contributed by atoms with van der Waals surface area (Å²) < 4.78 is 5.28. The number of nitrogens with zero attached hydrogens (tertiary/aromatic N) is 2. The third kappa shape index (κ3) is 9.58. The van der Waals surface area contributed by atoms with Crippen molar-refractivity contribution in [3.05, 3.63) is 79.9 Å². The van der Waals surface area contributed by atoms with Crippen LogP contribution in [0.25, 0.3) is 0 Å². The average Bonchev–Trinajstić information content (AvgIpc) is 2.78. The maximum atomic E-state index is 12.1. The number of hydrogen-bond donors (Lipinski definition) is 0. The van der Waals surface area contributed by atoms with E-state index in [-0.39, 0.29) is 28.8 Å². The van der Waals surface area contributed by atoms with Gasteiger partial charge in [-0.1, -0.05) is 40.2 Å². The molecule has 172 valence electrons. The zero-order valence-corrected chi connectivity index (χ0v) is 20.4. The number of ether oxygens (including phenoxy) is 1. The number of rotatable bonds is 14. The second kappa shape index (κ2) is 14.1. The molecule has 0 aliphatic carbocycles. The molecule has 0 saturated carbocycles. The molecule has 0 bridgehead atoms. The van der Waals surface area contributed by atoms with E-state index in [0.29, 0.717) is 23.7 Å². The highest BCUT2D eigenvalue weighted by molar-refractivity contribution is 9.10. The van der Waals surface area contributed by atoms with E-state index >= 15 is 0 Å². The Balaban J connectivity index is 1.55. The van der Waals surface area contributed by atoms with Gasteiger partial charge in [0.05, 0.1) is 9.85 Å². The van der Waals surface area contributed by atoms with Crippen LogP contribution in [0.5, 0.6) is 0 Å². The van der Waals surface area contributed by atoms with E-state index in [4.69, 9.17) is 4.74 Å². The van der Waals surface area contributed by atoms with Crippen molar-refractivity contribution in [2.24, 2.45) is 0 Å². The first kappa shape index (κ1) is 26.1. The van der Waals surface area contributed by atoms with Crippen LogP contribution >= 0.6 is 39.5 Å². The van der Waals surface area contributed by atoms with Gasteiger partial charge in [-0.2, -0.15) is 23.5 Å². The predicted molar refractivity (Wildman–Crippen MR) is 131 cm³/mol. The summed E-state index contributed by atoms with van der Waals surface area (Å²) in [4.78, 5) is 32.5. The summed E-state index contributed by atoms with van der Waals surface area (Å²) >= 11 is 6.57. The third-order valence-corrected chi connectivity index (χ3v) is 7.19. The summed E-state index contributed by atoms with van der Waals surface area (Å²) in [6.07, 6.45) is 1.45. The highest BCUT2D eigenvalue weighted by atomic mass is 79.9. The van der Waals surface area contributed by atoms with Crippen molar-refractivity contribution in [3.8, 4) is 0 Å². The molecule has 1 atom stereocenters. The van der Waals surface area contributed by atoms with Crippen molar-refractivity contribution in [1.29, 1.82) is 0 Å². The zero-order valence-electron chi connectivity index (χ0n) is 17.2. The van der Waals surface area contributed by atoms with Gasteiger partial charge in [0.25, 0.3) is 11.4 Å². The van der Waals surface area contributed by atoms with Gasteiger partial charge >= 0.3 is 5.97 Å². The lowest BCUT2D eigenvalue weighted by Gasteiger charge is -2.10. The molecule has 2 rings (SSSR count). The van der Waals surface area contributed by atoms with Crippen LogP contribution in [-0.2, 0) is 21.0 Å². The molecule has 32 heavy (non-hydrogen) atoms. The first-order valence-corrected chi connectivity index (χ1v) is 13.0. The number of halogens is 1. The number of non-ortho nitro benzene ring substituents is 2. The van der Waals surface area contributed by atoms with Gasteiger partial charge in [0.2, 0.25) is 0 Å². The largest absolute Gasteiger partial charge is 0.464 e. The Morgan fingerprint density at radius 1 is 0.938 bits per heavy atom. The van der Waals surface area contributed by atoms with E-state index < -0.39 is 9.85 Å². The van der Waals surface area contributed by atoms with Crippen LogP contribution in [0.4, 0.5) is 11.4 Å². The molecular weight excluding hydrogens is 520 g/mol. The highest BCUT2D eigenvalue weighted by Gasteiger charge is 2.16. The summed E-state index contributed by atoms with van der Waals surface area (Å²) in [6, 6.07) is 13.1. The molecule has 0 aliphatic rings. The second-order valence-corrected chi connectivity index (χ2v) is 10.1. The van der Waals surface area contributed by atoms with Crippen LogP contribution in [0, 0.1) is 20.2 Å². The van der Waals surface area contributed by atoms with Crippen LogP contribution in [0.2, 0.25) is 0 Å². The van der Waals surface area contributed by atoms with Gasteiger partial charge in [0.1, 0.15) is 11.4 Å². The average molecular weight is 543 g/mol. The zero-order chi connectivity index (χ0) is 23.3. The SMILES string of the molecule is O=C(OCCSCc1cccc([N+](=O)[O-])c1)C(Br)CCCSCc1cccc([N+](=O)[O-])c1. The Hall–Kier alpha value is -2.11. The molecule has 0 fully saturated rings. The van der Waals surface area contributed by atoms with Crippen LogP contribution in [0.15, 0.2) is 48.5 Å². The van der Waals surface area contributed by atoms with Crippen molar-refractivity contribution >= 4 is 56.8 Å². The first-order chi connectivity index (χ1) is 15.4. The number of alkyl halides is 1. The summed E-state index contributed by atoms with van der Waals surface area (Å²) in [5.41, 5.74) is 1.92. The summed E-state index contributed by atoms with van der Waals surface area (Å²) in [7, 11) is 0. The molecule has 0 amide bonds. The number of hydrogen-bond acceptors (Lipinski definition) is 8. The Morgan fingerprint density at radius 3 is 2.00 bits per heavy atom. The molecular formula is C21H23BrN2O6S2. The monoisotopic (exact) mass is 542 g/mol. The molecule has 0 radical (unpaired) electrons. The minimum Gasteiger partial charge on any atom is -0.464 e.